The molecule has 0 radical (unpaired) electrons. The Kier molecular flexibility index (Phi) is 6.11. The highest BCUT2D eigenvalue weighted by molar-refractivity contribution is 5.84. The lowest BCUT2D eigenvalue weighted by molar-refractivity contribution is -0.466. The highest BCUT2D eigenvalue weighted by Gasteiger charge is 2.28. The van der Waals surface area contributed by atoms with Gasteiger partial charge in [0.05, 0.1) is 7.05 Å². The van der Waals surface area contributed by atoms with Gasteiger partial charge >= 0.3 is 6.03 Å². The van der Waals surface area contributed by atoms with Crippen LogP contribution in [0.3, 0.4) is 0 Å². The molecule has 8 heteroatoms. The number of benzene rings is 2. The quantitative estimate of drug-likeness (QED) is 0.254. The highest BCUT2D eigenvalue weighted by atomic mass is 16.5. The van der Waals surface area contributed by atoms with E-state index in [0.717, 1.165) is 45.7 Å². The first-order chi connectivity index (χ1) is 15.5. The molecule has 0 unspecified atom stereocenters. The Morgan fingerprint density at radius 3 is 2.75 bits per heavy atom. The van der Waals surface area contributed by atoms with Crippen molar-refractivity contribution in [2.24, 2.45) is 11.1 Å². The van der Waals surface area contributed by atoms with Gasteiger partial charge in [-0.2, -0.15) is 0 Å². The Morgan fingerprint density at radius 1 is 1.25 bits per heavy atom. The van der Waals surface area contributed by atoms with E-state index in [1.165, 1.54) is 12.6 Å². The number of ether oxygens (including phenoxy) is 1. The van der Waals surface area contributed by atoms with Gasteiger partial charge in [-0.15, -0.1) is 4.70 Å². The molecule has 4 rings (SSSR count). The van der Waals surface area contributed by atoms with Crippen molar-refractivity contribution in [3.63, 3.8) is 0 Å². The minimum atomic E-state index is -0.402. The number of amides is 2. The van der Waals surface area contributed by atoms with Gasteiger partial charge in [0.15, 0.2) is 5.82 Å². The maximum absolute atomic E-state index is 12.3. The Balaban J connectivity index is 1.57. The number of carbonyl (C=O) groups is 1. The summed E-state index contributed by atoms with van der Waals surface area (Å²) in [6, 6.07) is 13.3. The van der Waals surface area contributed by atoms with Gasteiger partial charge in [-0.05, 0) is 74.1 Å². The van der Waals surface area contributed by atoms with Crippen LogP contribution in [-0.2, 0) is 6.61 Å². The molecule has 1 aliphatic carbocycles. The zero-order valence-corrected chi connectivity index (χ0v) is 18.5. The molecule has 2 aromatic carbocycles. The summed E-state index contributed by atoms with van der Waals surface area (Å²) in [6.07, 6.45) is 4.05. The molecule has 0 bridgehead atoms. The third-order valence-electron chi connectivity index (χ3n) is 5.54. The normalized spacial score (nSPS) is 13.7. The molecule has 0 atom stereocenters. The zero-order valence-electron chi connectivity index (χ0n) is 18.5. The Labute approximate surface area is 187 Å². The molecular formula is C24H27N6O2+. The number of hydrogen-bond donors (Lipinski definition) is 2. The first-order valence-electron chi connectivity index (χ1n) is 10.6. The van der Waals surface area contributed by atoms with Crippen molar-refractivity contribution in [2.45, 2.75) is 39.2 Å². The fraction of sp³-hybridized carbons (Fsp3) is 0.292. The van der Waals surface area contributed by atoms with E-state index >= 15 is 0 Å². The largest absolute Gasteiger partial charge is 0.488 e. The van der Waals surface area contributed by atoms with Gasteiger partial charge in [0.25, 0.3) is 0 Å². The standard InChI is InChI=1S/C24H26N6O2/c1-15-13-18(23-26-12-11-16(2)27-23)9-10-22(15)32-14-20-19(17-7-8-17)5-4-6-21(20)28-24(31)30(3)29-25/h4-6,9-13,17,25H,7-8,14H2,1-3H3,(H,28,31)/p+1. The topological polar surface area (TPSA) is 106 Å². The number of hydrogen-bond acceptors (Lipinski definition) is 5. The number of nitrogens with zero attached hydrogens (tertiary/aromatic N) is 4. The number of nitrogens with one attached hydrogen (secondary N) is 1. The predicted molar refractivity (Wildman–Crippen MR) is 122 cm³/mol. The van der Waals surface area contributed by atoms with E-state index in [-0.39, 0.29) is 0 Å². The molecule has 1 aromatic heterocycles. The van der Waals surface area contributed by atoms with Crippen LogP contribution in [0.5, 0.6) is 5.75 Å². The molecule has 2 amide bonds. The van der Waals surface area contributed by atoms with Crippen molar-refractivity contribution in [3.8, 4) is 17.1 Å². The number of urea groups is 1. The first kappa shape index (κ1) is 21.4. The van der Waals surface area contributed by atoms with Crippen LogP contribution < -0.4 is 15.9 Å². The Bertz CT molecular complexity index is 1190. The third-order valence-corrected chi connectivity index (χ3v) is 5.54. The number of rotatable bonds is 6. The summed E-state index contributed by atoms with van der Waals surface area (Å²) >= 11 is 0. The van der Waals surface area contributed by atoms with Crippen molar-refractivity contribution in [2.75, 3.05) is 12.4 Å². The Morgan fingerprint density at radius 2 is 2.06 bits per heavy atom. The van der Waals surface area contributed by atoms with Gasteiger partial charge in [0.2, 0.25) is 0 Å². The molecule has 0 spiro atoms. The summed E-state index contributed by atoms with van der Waals surface area (Å²) in [7, 11) is 1.50. The van der Waals surface area contributed by atoms with Crippen molar-refractivity contribution >= 4 is 11.7 Å². The van der Waals surface area contributed by atoms with E-state index in [1.807, 2.05) is 50.2 Å². The molecule has 0 saturated heterocycles. The van der Waals surface area contributed by atoms with E-state index in [1.54, 1.807) is 6.20 Å². The zero-order chi connectivity index (χ0) is 22.7. The number of carbonyl (C=O) groups excluding carboxylic acids is 1. The van der Waals surface area contributed by atoms with Crippen molar-refractivity contribution in [1.29, 1.82) is 0 Å². The van der Waals surface area contributed by atoms with Gasteiger partial charge in [0, 0.05) is 28.2 Å². The van der Waals surface area contributed by atoms with Crippen LogP contribution >= 0.6 is 0 Å². The average molecular weight is 432 g/mol. The van der Waals surface area contributed by atoms with Crippen LogP contribution in [0.4, 0.5) is 10.5 Å². The molecule has 8 nitrogen and oxygen atoms in total. The van der Waals surface area contributed by atoms with Gasteiger partial charge in [-0.1, -0.05) is 12.1 Å². The van der Waals surface area contributed by atoms with Crippen LogP contribution in [0.25, 0.3) is 11.4 Å². The van der Waals surface area contributed by atoms with E-state index in [9.17, 15) is 4.79 Å². The van der Waals surface area contributed by atoms with Crippen LogP contribution in [-0.4, -0.2) is 27.7 Å². The number of nitrogens with two attached hydrogens (primary N) is 1. The molecule has 1 saturated carbocycles. The van der Waals surface area contributed by atoms with E-state index < -0.39 is 6.03 Å². The van der Waals surface area contributed by atoms with Crippen LogP contribution in [0.2, 0.25) is 0 Å². The summed E-state index contributed by atoms with van der Waals surface area (Å²) in [6.45, 7) is 4.29. The smallest absolute Gasteiger partial charge is 0.459 e. The van der Waals surface area contributed by atoms with Crippen LogP contribution in [0, 0.1) is 13.8 Å². The molecule has 3 N–H and O–H groups in total. The second-order valence-corrected chi connectivity index (χ2v) is 8.01. The van der Waals surface area contributed by atoms with Gasteiger partial charge in [-0.25, -0.2) is 25.9 Å². The lowest BCUT2D eigenvalue weighted by Gasteiger charge is -2.16. The molecular weight excluding hydrogens is 404 g/mol. The van der Waals surface area contributed by atoms with Crippen LogP contribution in [0.15, 0.2) is 53.9 Å². The molecule has 0 aliphatic heterocycles. The van der Waals surface area contributed by atoms with E-state index in [4.69, 9.17) is 10.6 Å². The molecule has 3 aromatic rings. The van der Waals surface area contributed by atoms with E-state index in [2.05, 4.69) is 26.6 Å². The van der Waals surface area contributed by atoms with Crippen molar-refractivity contribution in [3.05, 3.63) is 71.0 Å². The Hall–Kier alpha value is -3.81. The fourth-order valence-electron chi connectivity index (χ4n) is 3.60. The predicted octanol–water partition coefficient (Wildman–Crippen LogP) is 4.72. The lowest BCUT2D eigenvalue weighted by atomic mass is 10.0. The summed E-state index contributed by atoms with van der Waals surface area (Å²) in [5.74, 6) is 7.20. The monoisotopic (exact) mass is 431 g/mol. The molecule has 1 aliphatic rings. The minimum absolute atomic E-state index is 0.340. The van der Waals surface area contributed by atoms with E-state index in [0.29, 0.717) is 24.0 Å². The van der Waals surface area contributed by atoms with Crippen molar-refractivity contribution < 1.29 is 14.2 Å². The first-order valence-corrected chi connectivity index (χ1v) is 10.6. The maximum atomic E-state index is 12.3. The van der Waals surface area contributed by atoms with Crippen molar-refractivity contribution in [1.82, 2.24) is 9.97 Å². The summed E-state index contributed by atoms with van der Waals surface area (Å²) in [5, 5.41) is 6.30. The van der Waals surface area contributed by atoms with Gasteiger partial charge in [0.1, 0.15) is 18.0 Å². The van der Waals surface area contributed by atoms with Crippen LogP contribution in [0.1, 0.15) is 41.1 Å². The summed E-state index contributed by atoms with van der Waals surface area (Å²) in [5.41, 5.74) is 5.74. The molecule has 1 fully saturated rings. The fourth-order valence-corrected chi connectivity index (χ4v) is 3.60. The number of anilines is 1. The van der Waals surface area contributed by atoms with Gasteiger partial charge in [-0.3, -0.25) is 0 Å². The second-order valence-electron chi connectivity index (χ2n) is 8.01. The molecule has 1 heterocycles. The SMILES string of the molecule is Cc1ccnc(-c2ccc(OCc3c(NC(=O)/[N+](C)=N\N)cccc3C3CC3)c(C)c2)n1. The molecule has 32 heavy (non-hydrogen) atoms. The second kappa shape index (κ2) is 9.13. The maximum Gasteiger partial charge on any atom is 0.459 e. The van der Waals surface area contributed by atoms with Gasteiger partial charge < -0.3 is 4.74 Å². The highest BCUT2D eigenvalue weighted by Crippen LogP contribution is 2.43. The number of aryl methyl sites for hydroxylation is 2. The molecule has 164 valence electrons. The summed E-state index contributed by atoms with van der Waals surface area (Å²) in [4.78, 5) is 21.2. The number of aromatic nitrogens is 2. The lowest BCUT2D eigenvalue weighted by Crippen LogP contribution is -2.24. The minimum Gasteiger partial charge on any atom is -0.488 e. The average Bonchev–Trinajstić information content (AvgIpc) is 3.63. The summed E-state index contributed by atoms with van der Waals surface area (Å²) < 4.78 is 7.27. The third kappa shape index (κ3) is 4.74.